The van der Waals surface area contributed by atoms with E-state index in [4.69, 9.17) is 19.9 Å². The third-order valence-electron chi connectivity index (χ3n) is 9.88. The number of carbonyl (C=O) groups excluding carboxylic acids is 2. The Hall–Kier alpha value is -4.79. The van der Waals surface area contributed by atoms with E-state index in [1.807, 2.05) is 6.92 Å². The van der Waals surface area contributed by atoms with Crippen LogP contribution in [0.4, 0.5) is 29.3 Å². The van der Waals surface area contributed by atoms with Crippen molar-refractivity contribution in [1.82, 2.24) is 15.2 Å². The average Bonchev–Trinajstić information content (AvgIpc) is 3.11. The third-order valence-corrected chi connectivity index (χ3v) is 9.88. The fourth-order valence-corrected chi connectivity index (χ4v) is 7.55. The zero-order chi connectivity index (χ0) is 36.3. The highest BCUT2D eigenvalue weighted by Gasteiger charge is 2.49. The number of piperidine rings is 2. The maximum atomic E-state index is 15.1. The number of primary amides is 1. The van der Waals surface area contributed by atoms with Crippen molar-refractivity contribution in [3.05, 3.63) is 78.0 Å². The van der Waals surface area contributed by atoms with E-state index in [1.165, 1.54) is 26.4 Å². The number of likely N-dealkylation sites (tertiary alicyclic amines) is 1. The molecule has 1 aromatic heterocycles. The topological polar surface area (TPSA) is 140 Å². The van der Waals surface area contributed by atoms with Crippen molar-refractivity contribution in [2.45, 2.75) is 50.4 Å². The Morgan fingerprint density at radius 3 is 2.37 bits per heavy atom. The van der Waals surface area contributed by atoms with E-state index in [0.717, 1.165) is 0 Å². The number of nitrogens with zero attached hydrogens (tertiary/aromatic N) is 2. The summed E-state index contributed by atoms with van der Waals surface area (Å²) in [6.45, 7) is 3.41. The van der Waals surface area contributed by atoms with E-state index in [-0.39, 0.29) is 35.6 Å². The van der Waals surface area contributed by atoms with E-state index >= 15 is 13.2 Å². The molecule has 3 heterocycles. The summed E-state index contributed by atoms with van der Waals surface area (Å²) >= 11 is 0. The van der Waals surface area contributed by atoms with Crippen molar-refractivity contribution in [2.75, 3.05) is 44.5 Å². The molecule has 3 aromatic carbocycles. The van der Waals surface area contributed by atoms with E-state index in [9.17, 15) is 9.59 Å². The minimum Gasteiger partial charge on any atom is -0.493 e. The van der Waals surface area contributed by atoms with Crippen LogP contribution in [0, 0.1) is 5.92 Å². The first-order valence-electron chi connectivity index (χ1n) is 16.8. The van der Waals surface area contributed by atoms with Crippen LogP contribution in [0.25, 0.3) is 10.9 Å². The lowest BCUT2D eigenvalue weighted by Gasteiger charge is -2.53. The van der Waals surface area contributed by atoms with Gasteiger partial charge >= 0.3 is 12.2 Å². The molecule has 2 saturated heterocycles. The molecular formula is C37H42ClF3N6O5. The average molecular weight is 743 g/mol. The van der Waals surface area contributed by atoms with Crippen molar-refractivity contribution in [3.8, 4) is 23.0 Å². The van der Waals surface area contributed by atoms with E-state index < -0.39 is 29.2 Å². The van der Waals surface area contributed by atoms with Gasteiger partial charge in [-0.05, 0) is 81.6 Å². The molecular weight excluding hydrogens is 701 g/mol. The van der Waals surface area contributed by atoms with E-state index in [0.29, 0.717) is 84.9 Å². The van der Waals surface area contributed by atoms with Crippen LogP contribution in [-0.2, 0) is 16.5 Å². The number of pyridine rings is 1. The summed E-state index contributed by atoms with van der Waals surface area (Å²) in [5.74, 6) is 1.12. The number of hydrogen-bond donors (Lipinski definition) is 4. The van der Waals surface area contributed by atoms with Crippen molar-refractivity contribution in [1.29, 1.82) is 0 Å². The van der Waals surface area contributed by atoms with Gasteiger partial charge in [-0.2, -0.15) is 13.2 Å². The molecule has 2 fully saturated rings. The number of ether oxygens (including phenoxy) is 3. The molecule has 2 unspecified atom stereocenters. The quantitative estimate of drug-likeness (QED) is 0.140. The zero-order valence-electron chi connectivity index (χ0n) is 29.0. The zero-order valence-corrected chi connectivity index (χ0v) is 29.8. The number of hydrogen-bond acceptors (Lipinski definition) is 8. The van der Waals surface area contributed by atoms with Gasteiger partial charge in [0.05, 0.1) is 31.0 Å². The summed E-state index contributed by atoms with van der Waals surface area (Å²) in [7, 11) is 3.06. The number of alkyl halides is 3. The maximum absolute atomic E-state index is 15.1. The van der Waals surface area contributed by atoms with Crippen LogP contribution in [0.15, 0.2) is 66.9 Å². The number of halogens is 4. The standard InChI is InChI=1S/C37H41F3N6O5.ClH/c1-22-18-23(34(41)47)11-17-46(22)36(12-15-42-16-13-36)27-8-5-9-28(33(27)37(38,39)40)45-35(48)44-24-6-4-7-25(19-24)51-30-10-14-43-29-21-32(50-3)31(49-2)20-26(29)30;/h4-10,14,19-23,42H,11-13,15-18H2,1-3H3,(H2,41,47)(H2,44,45,48);1H. The fourth-order valence-electron chi connectivity index (χ4n) is 7.55. The predicted molar refractivity (Wildman–Crippen MR) is 195 cm³/mol. The van der Waals surface area contributed by atoms with Crippen molar-refractivity contribution in [3.63, 3.8) is 0 Å². The second-order valence-corrected chi connectivity index (χ2v) is 12.9. The molecule has 6 rings (SSSR count). The minimum absolute atomic E-state index is 0. The summed E-state index contributed by atoms with van der Waals surface area (Å²) in [5, 5.41) is 9.06. The molecule has 5 N–H and O–H groups in total. The Balaban J connectivity index is 0.00000523. The van der Waals surface area contributed by atoms with Gasteiger partial charge < -0.3 is 35.9 Å². The molecule has 3 amide bonds. The number of anilines is 2. The normalized spacial score (nSPS) is 18.9. The molecule has 0 spiro atoms. The number of amides is 3. The molecule has 0 saturated carbocycles. The summed E-state index contributed by atoms with van der Waals surface area (Å²) in [6, 6.07) is 15.0. The molecule has 0 radical (unpaired) electrons. The summed E-state index contributed by atoms with van der Waals surface area (Å²) in [5.41, 5.74) is 4.41. The molecule has 2 atom stereocenters. The molecule has 0 bridgehead atoms. The lowest BCUT2D eigenvalue weighted by molar-refractivity contribution is -0.140. The number of nitrogens with one attached hydrogen (secondary N) is 3. The number of nitrogens with two attached hydrogens (primary N) is 1. The van der Waals surface area contributed by atoms with Gasteiger partial charge in [-0.1, -0.05) is 18.2 Å². The molecule has 0 aliphatic carbocycles. The van der Waals surface area contributed by atoms with Crippen LogP contribution in [0.5, 0.6) is 23.0 Å². The van der Waals surface area contributed by atoms with E-state index in [1.54, 1.807) is 54.7 Å². The van der Waals surface area contributed by atoms with Crippen LogP contribution in [0.3, 0.4) is 0 Å². The second kappa shape index (κ2) is 15.8. The number of rotatable bonds is 9. The van der Waals surface area contributed by atoms with Gasteiger partial charge in [-0.3, -0.25) is 14.7 Å². The Bertz CT molecular complexity index is 1920. The minimum atomic E-state index is -4.78. The SMILES string of the molecule is COc1cc2nccc(Oc3cccc(NC(=O)Nc4cccc(C5(N6CCC(C(N)=O)CC6C)CCNCC5)c4C(F)(F)F)c3)c2cc1OC.Cl. The molecule has 2 aliphatic heterocycles. The molecule has 2 aliphatic rings. The number of benzene rings is 3. The van der Waals surface area contributed by atoms with Crippen molar-refractivity contribution in [2.24, 2.45) is 11.7 Å². The van der Waals surface area contributed by atoms with Gasteiger partial charge in [0, 0.05) is 53.4 Å². The van der Waals surface area contributed by atoms with Gasteiger partial charge in [0.25, 0.3) is 0 Å². The lowest BCUT2D eigenvalue weighted by Crippen LogP contribution is -2.59. The van der Waals surface area contributed by atoms with Gasteiger partial charge in [0.15, 0.2) is 11.5 Å². The third kappa shape index (κ3) is 7.83. The van der Waals surface area contributed by atoms with Gasteiger partial charge in [-0.25, -0.2) is 4.79 Å². The highest BCUT2D eigenvalue weighted by atomic mass is 35.5. The first-order valence-corrected chi connectivity index (χ1v) is 16.8. The van der Waals surface area contributed by atoms with Gasteiger partial charge in [0.1, 0.15) is 11.5 Å². The van der Waals surface area contributed by atoms with Crippen LogP contribution < -0.4 is 35.9 Å². The predicted octanol–water partition coefficient (Wildman–Crippen LogP) is 7.29. The van der Waals surface area contributed by atoms with Crippen LogP contribution in [0.2, 0.25) is 0 Å². The Labute approximate surface area is 305 Å². The summed E-state index contributed by atoms with van der Waals surface area (Å²) in [6.07, 6.45) is -1.40. The smallest absolute Gasteiger partial charge is 0.418 e. The first kappa shape index (κ1) is 38.4. The summed E-state index contributed by atoms with van der Waals surface area (Å²) < 4.78 is 62.3. The first-order chi connectivity index (χ1) is 24.4. The van der Waals surface area contributed by atoms with Gasteiger partial charge in [0.2, 0.25) is 5.91 Å². The van der Waals surface area contributed by atoms with Crippen LogP contribution in [0.1, 0.15) is 43.7 Å². The maximum Gasteiger partial charge on any atom is 0.418 e. The molecule has 52 heavy (non-hydrogen) atoms. The fraction of sp³-hybridized carbons (Fsp3) is 0.378. The molecule has 4 aromatic rings. The highest BCUT2D eigenvalue weighted by molar-refractivity contribution is 6.00. The molecule has 15 heteroatoms. The Morgan fingerprint density at radius 2 is 1.69 bits per heavy atom. The van der Waals surface area contributed by atoms with E-state index in [2.05, 4.69) is 25.8 Å². The Kier molecular flexibility index (Phi) is 11.7. The number of carbonyl (C=O) groups is 2. The van der Waals surface area contributed by atoms with Gasteiger partial charge in [-0.15, -0.1) is 12.4 Å². The van der Waals surface area contributed by atoms with Crippen LogP contribution >= 0.6 is 12.4 Å². The lowest BCUT2D eigenvalue weighted by atomic mass is 9.74. The largest absolute Gasteiger partial charge is 0.493 e. The number of methoxy groups -OCH3 is 2. The highest BCUT2D eigenvalue weighted by Crippen LogP contribution is 2.49. The second-order valence-electron chi connectivity index (χ2n) is 12.9. The van der Waals surface area contributed by atoms with Crippen molar-refractivity contribution < 1.29 is 37.0 Å². The van der Waals surface area contributed by atoms with Crippen LogP contribution in [-0.4, -0.2) is 61.7 Å². The molecule has 278 valence electrons. The number of aromatic nitrogens is 1. The number of fused-ring (bicyclic) bond motifs is 1. The molecule has 11 nitrogen and oxygen atoms in total. The van der Waals surface area contributed by atoms with Crippen molar-refractivity contribution >= 4 is 46.6 Å². The number of urea groups is 1. The Morgan fingerprint density at radius 1 is 0.981 bits per heavy atom. The monoisotopic (exact) mass is 742 g/mol. The summed E-state index contributed by atoms with van der Waals surface area (Å²) in [4.78, 5) is 31.8.